The summed E-state index contributed by atoms with van der Waals surface area (Å²) in [5.41, 5.74) is 2.68. The standard InChI is InChI=1S/C23H18ClN5O3S/c1-31-20-10-16-15-7-2-3-8-18(15)32-19(16)11-17(20)26-21(30)12-33-23-28-27-22(29(23)25)13-5-4-6-14(24)9-13/h2-11H,12,25H2,1H3,(H,26,30). The van der Waals surface area contributed by atoms with Gasteiger partial charge in [0.25, 0.3) is 0 Å². The van der Waals surface area contributed by atoms with Crippen molar-refractivity contribution in [3.8, 4) is 17.1 Å². The molecule has 2 heterocycles. The monoisotopic (exact) mass is 479 g/mol. The summed E-state index contributed by atoms with van der Waals surface area (Å²) in [4.78, 5) is 12.7. The normalized spacial score (nSPS) is 11.2. The SMILES string of the molecule is COc1cc2c(cc1NC(=O)CSc1nnc(-c3cccc(Cl)c3)n1N)oc1ccccc12. The van der Waals surface area contributed by atoms with Crippen LogP contribution in [-0.4, -0.2) is 33.6 Å². The summed E-state index contributed by atoms with van der Waals surface area (Å²) < 4.78 is 12.7. The number of rotatable bonds is 6. The molecule has 2 aromatic heterocycles. The molecule has 0 aliphatic heterocycles. The zero-order valence-electron chi connectivity index (χ0n) is 17.4. The summed E-state index contributed by atoms with van der Waals surface area (Å²) in [7, 11) is 1.56. The van der Waals surface area contributed by atoms with Crippen molar-refractivity contribution < 1.29 is 13.9 Å². The first-order chi connectivity index (χ1) is 16.0. The average molecular weight is 480 g/mol. The number of hydrogen-bond donors (Lipinski definition) is 2. The lowest BCUT2D eigenvalue weighted by molar-refractivity contribution is -0.113. The number of anilines is 1. The Kier molecular flexibility index (Phi) is 5.57. The van der Waals surface area contributed by atoms with Crippen molar-refractivity contribution in [2.75, 3.05) is 24.0 Å². The van der Waals surface area contributed by atoms with Gasteiger partial charge >= 0.3 is 0 Å². The largest absolute Gasteiger partial charge is 0.495 e. The van der Waals surface area contributed by atoms with Gasteiger partial charge in [0.2, 0.25) is 11.1 Å². The van der Waals surface area contributed by atoms with Crippen LogP contribution in [-0.2, 0) is 4.79 Å². The number of amides is 1. The number of furan rings is 1. The Bertz CT molecular complexity index is 1500. The van der Waals surface area contributed by atoms with Crippen molar-refractivity contribution in [3.63, 3.8) is 0 Å². The Hall–Kier alpha value is -3.69. The fraction of sp³-hybridized carbons (Fsp3) is 0.0870. The van der Waals surface area contributed by atoms with Crippen LogP contribution in [0.5, 0.6) is 5.75 Å². The van der Waals surface area contributed by atoms with Crippen LogP contribution in [0.1, 0.15) is 0 Å². The lowest BCUT2D eigenvalue weighted by Gasteiger charge is -2.10. The number of thioether (sulfide) groups is 1. The number of nitrogens with two attached hydrogens (primary N) is 1. The van der Waals surface area contributed by atoms with E-state index in [-0.39, 0.29) is 11.7 Å². The number of carbonyl (C=O) groups is 1. The Morgan fingerprint density at radius 1 is 1.12 bits per heavy atom. The molecule has 5 rings (SSSR count). The smallest absolute Gasteiger partial charge is 0.234 e. The molecular weight excluding hydrogens is 462 g/mol. The summed E-state index contributed by atoms with van der Waals surface area (Å²) >= 11 is 7.21. The second-order valence-electron chi connectivity index (χ2n) is 7.17. The Labute approximate surface area is 197 Å². The number of benzene rings is 3. The van der Waals surface area contributed by atoms with E-state index in [1.54, 1.807) is 31.4 Å². The fourth-order valence-electron chi connectivity index (χ4n) is 3.53. The predicted molar refractivity (Wildman–Crippen MR) is 130 cm³/mol. The number of para-hydroxylation sites is 1. The molecule has 0 saturated heterocycles. The Balaban J connectivity index is 1.33. The van der Waals surface area contributed by atoms with Gasteiger partial charge in [-0.15, -0.1) is 10.2 Å². The molecule has 10 heteroatoms. The van der Waals surface area contributed by atoms with E-state index in [0.29, 0.717) is 33.0 Å². The highest BCUT2D eigenvalue weighted by Gasteiger charge is 2.17. The second-order valence-corrected chi connectivity index (χ2v) is 8.55. The minimum Gasteiger partial charge on any atom is -0.495 e. The van der Waals surface area contributed by atoms with Crippen LogP contribution < -0.4 is 15.9 Å². The highest BCUT2D eigenvalue weighted by atomic mass is 35.5. The molecule has 0 aliphatic rings. The predicted octanol–water partition coefficient (Wildman–Crippen LogP) is 4.95. The number of ether oxygens (including phenoxy) is 1. The first kappa shape index (κ1) is 21.2. The molecule has 166 valence electrons. The number of fused-ring (bicyclic) bond motifs is 3. The van der Waals surface area contributed by atoms with Gasteiger partial charge in [0, 0.05) is 27.4 Å². The molecule has 3 N–H and O–H groups in total. The van der Waals surface area contributed by atoms with Crippen molar-refractivity contribution in [2.45, 2.75) is 5.16 Å². The molecule has 0 saturated carbocycles. The van der Waals surface area contributed by atoms with E-state index in [1.807, 2.05) is 36.4 Å². The van der Waals surface area contributed by atoms with Crippen molar-refractivity contribution in [3.05, 3.63) is 65.7 Å². The molecule has 0 aliphatic carbocycles. The molecular formula is C23H18ClN5O3S. The minimum atomic E-state index is -0.249. The topological polar surface area (TPSA) is 108 Å². The van der Waals surface area contributed by atoms with E-state index in [1.165, 1.54) is 16.4 Å². The second kappa shape index (κ2) is 8.68. The molecule has 1 amide bonds. The van der Waals surface area contributed by atoms with Crippen molar-refractivity contribution in [1.29, 1.82) is 0 Å². The number of halogens is 1. The van der Waals surface area contributed by atoms with Crippen LogP contribution in [0.4, 0.5) is 5.69 Å². The lowest BCUT2D eigenvalue weighted by atomic mass is 10.1. The Morgan fingerprint density at radius 3 is 2.79 bits per heavy atom. The summed E-state index contributed by atoms with van der Waals surface area (Å²) in [6, 6.07) is 18.5. The maximum Gasteiger partial charge on any atom is 0.234 e. The van der Waals surface area contributed by atoms with E-state index in [2.05, 4.69) is 15.5 Å². The van der Waals surface area contributed by atoms with Crippen LogP contribution in [0.25, 0.3) is 33.3 Å². The van der Waals surface area contributed by atoms with Crippen molar-refractivity contribution in [2.24, 2.45) is 0 Å². The van der Waals surface area contributed by atoms with E-state index in [0.717, 1.165) is 21.9 Å². The molecule has 0 radical (unpaired) electrons. The molecule has 5 aromatic rings. The highest BCUT2D eigenvalue weighted by molar-refractivity contribution is 7.99. The zero-order valence-corrected chi connectivity index (χ0v) is 19.0. The van der Waals surface area contributed by atoms with Crippen LogP contribution in [0.2, 0.25) is 5.02 Å². The van der Waals surface area contributed by atoms with Gasteiger partial charge in [0.05, 0.1) is 18.6 Å². The maximum atomic E-state index is 12.7. The molecule has 0 unspecified atom stereocenters. The number of nitrogen functional groups attached to an aromatic ring is 1. The van der Waals surface area contributed by atoms with Crippen LogP contribution in [0, 0.1) is 0 Å². The number of methoxy groups -OCH3 is 1. The highest BCUT2D eigenvalue weighted by Crippen LogP contribution is 2.36. The maximum absolute atomic E-state index is 12.7. The van der Waals surface area contributed by atoms with Gasteiger partial charge in [0.15, 0.2) is 5.82 Å². The van der Waals surface area contributed by atoms with Gasteiger partial charge in [-0.25, -0.2) is 4.68 Å². The van der Waals surface area contributed by atoms with Gasteiger partial charge in [-0.1, -0.05) is 53.7 Å². The summed E-state index contributed by atoms with van der Waals surface area (Å²) in [5.74, 6) is 6.95. The number of hydrogen-bond acceptors (Lipinski definition) is 7. The third-order valence-electron chi connectivity index (χ3n) is 5.05. The van der Waals surface area contributed by atoms with Gasteiger partial charge in [-0.05, 0) is 24.3 Å². The van der Waals surface area contributed by atoms with Gasteiger partial charge in [-0.2, -0.15) is 0 Å². The third kappa shape index (κ3) is 4.08. The zero-order chi connectivity index (χ0) is 22.9. The Morgan fingerprint density at radius 2 is 1.97 bits per heavy atom. The first-order valence-electron chi connectivity index (χ1n) is 9.92. The van der Waals surface area contributed by atoms with Crippen LogP contribution in [0.15, 0.2) is 70.2 Å². The van der Waals surface area contributed by atoms with Crippen LogP contribution in [0.3, 0.4) is 0 Å². The number of nitrogens with zero attached hydrogens (tertiary/aromatic N) is 3. The van der Waals surface area contributed by atoms with Crippen molar-refractivity contribution in [1.82, 2.24) is 14.9 Å². The minimum absolute atomic E-state index is 0.0756. The molecule has 8 nitrogen and oxygen atoms in total. The number of nitrogens with one attached hydrogen (secondary N) is 1. The van der Waals surface area contributed by atoms with Crippen molar-refractivity contribution >= 4 is 56.9 Å². The number of carbonyl (C=O) groups excluding carboxylic acids is 1. The van der Waals surface area contributed by atoms with Gasteiger partial charge < -0.3 is 20.3 Å². The van der Waals surface area contributed by atoms with Gasteiger partial charge in [-0.3, -0.25) is 4.79 Å². The van der Waals surface area contributed by atoms with E-state index in [9.17, 15) is 4.79 Å². The number of aromatic nitrogens is 3. The summed E-state index contributed by atoms with van der Waals surface area (Å²) in [6.45, 7) is 0. The van der Waals surface area contributed by atoms with Crippen LogP contribution >= 0.6 is 23.4 Å². The molecule has 0 atom stereocenters. The molecule has 3 aromatic carbocycles. The molecule has 33 heavy (non-hydrogen) atoms. The first-order valence-corrected chi connectivity index (χ1v) is 11.3. The fourth-order valence-corrected chi connectivity index (χ4v) is 4.38. The van der Waals surface area contributed by atoms with E-state index in [4.69, 9.17) is 26.6 Å². The third-order valence-corrected chi connectivity index (χ3v) is 6.23. The van der Waals surface area contributed by atoms with Gasteiger partial charge in [0.1, 0.15) is 16.9 Å². The average Bonchev–Trinajstić information content (AvgIpc) is 3.36. The summed E-state index contributed by atoms with van der Waals surface area (Å²) in [5, 5.41) is 13.9. The molecule has 0 spiro atoms. The summed E-state index contributed by atoms with van der Waals surface area (Å²) in [6.07, 6.45) is 0. The van der Waals surface area contributed by atoms with E-state index < -0.39 is 0 Å². The van der Waals surface area contributed by atoms with E-state index >= 15 is 0 Å². The lowest BCUT2D eigenvalue weighted by Crippen LogP contribution is -2.16. The quantitative estimate of drug-likeness (QED) is 0.262. The molecule has 0 bridgehead atoms. The molecule has 0 fully saturated rings.